The molecule has 3 N–H and O–H groups in total. The molecule has 3 aromatic rings. The van der Waals surface area contributed by atoms with Crippen molar-refractivity contribution < 1.29 is 9.59 Å². The van der Waals surface area contributed by atoms with Gasteiger partial charge in [-0.05, 0) is 55.3 Å². The molecule has 1 aliphatic rings. The number of primary amides is 1. The maximum Gasteiger partial charge on any atom is 0.248 e. The zero-order valence-electron chi connectivity index (χ0n) is 13.2. The highest BCUT2D eigenvalue weighted by atomic mass is 16.2. The Morgan fingerprint density at radius 2 is 2.04 bits per heavy atom. The summed E-state index contributed by atoms with van der Waals surface area (Å²) in [5.74, 6) is 0.415. The second kappa shape index (κ2) is 5.19. The van der Waals surface area contributed by atoms with E-state index in [1.807, 2.05) is 29.7 Å². The molecule has 0 atom stereocenters. The molecule has 0 radical (unpaired) electrons. The van der Waals surface area contributed by atoms with Gasteiger partial charge in [0.25, 0.3) is 0 Å². The van der Waals surface area contributed by atoms with Gasteiger partial charge in [0, 0.05) is 23.4 Å². The monoisotopic (exact) mass is 320 g/mol. The van der Waals surface area contributed by atoms with Gasteiger partial charge in [0.15, 0.2) is 0 Å². The highest BCUT2D eigenvalue weighted by Crippen LogP contribution is 2.28. The van der Waals surface area contributed by atoms with Crippen LogP contribution in [0.4, 0.5) is 5.69 Å². The topological polar surface area (TPSA) is 90.0 Å². The Labute approximate surface area is 138 Å². The molecule has 24 heavy (non-hydrogen) atoms. The first-order chi connectivity index (χ1) is 11.5. The van der Waals surface area contributed by atoms with Crippen molar-refractivity contribution in [1.29, 1.82) is 0 Å². The molecule has 120 valence electrons. The number of hydrogen-bond acceptors (Lipinski definition) is 3. The standard InChI is InChI=1S/C18H16N4O2/c1-10-20-15-9-12(18(19)24)2-6-16(15)22(10)13-4-5-14-11(8-13)3-7-17(23)21-14/h2,4-6,8-9H,3,7H2,1H3,(H2,19,24)(H,21,23). The Kier molecular flexibility index (Phi) is 3.13. The highest BCUT2D eigenvalue weighted by Gasteiger charge is 2.17. The molecule has 0 unspecified atom stereocenters. The van der Waals surface area contributed by atoms with Gasteiger partial charge in [-0.15, -0.1) is 0 Å². The average Bonchev–Trinajstić information content (AvgIpc) is 2.89. The maximum absolute atomic E-state index is 11.5. The number of nitrogens with two attached hydrogens (primary N) is 1. The number of rotatable bonds is 2. The van der Waals surface area contributed by atoms with Gasteiger partial charge < -0.3 is 11.1 Å². The number of anilines is 1. The van der Waals surface area contributed by atoms with E-state index in [1.165, 1.54) is 0 Å². The van der Waals surface area contributed by atoms with E-state index >= 15 is 0 Å². The maximum atomic E-state index is 11.5. The minimum atomic E-state index is -0.464. The van der Waals surface area contributed by atoms with Gasteiger partial charge in [-0.3, -0.25) is 14.2 Å². The summed E-state index contributed by atoms with van der Waals surface area (Å²) in [5.41, 5.74) is 10.4. The first-order valence-electron chi connectivity index (χ1n) is 7.75. The summed E-state index contributed by atoms with van der Waals surface area (Å²) in [6.07, 6.45) is 1.23. The molecule has 0 bridgehead atoms. The number of amides is 2. The third-order valence-electron chi connectivity index (χ3n) is 4.35. The second-order valence-electron chi connectivity index (χ2n) is 5.95. The third-order valence-corrected chi connectivity index (χ3v) is 4.35. The number of carbonyl (C=O) groups is 2. The van der Waals surface area contributed by atoms with Crippen LogP contribution in [-0.4, -0.2) is 21.4 Å². The molecular formula is C18H16N4O2. The molecule has 1 aliphatic heterocycles. The number of carbonyl (C=O) groups excluding carboxylic acids is 2. The summed E-state index contributed by atoms with van der Waals surface area (Å²) in [4.78, 5) is 27.4. The number of nitrogens with zero attached hydrogens (tertiary/aromatic N) is 2. The van der Waals surface area contributed by atoms with Crippen molar-refractivity contribution in [1.82, 2.24) is 9.55 Å². The summed E-state index contributed by atoms with van der Waals surface area (Å²) in [6, 6.07) is 11.2. The Bertz CT molecular complexity index is 1000. The third kappa shape index (κ3) is 2.23. The second-order valence-corrected chi connectivity index (χ2v) is 5.95. The lowest BCUT2D eigenvalue weighted by molar-refractivity contribution is -0.116. The van der Waals surface area contributed by atoms with Crippen molar-refractivity contribution in [2.24, 2.45) is 5.73 Å². The Balaban J connectivity index is 1.86. The molecule has 0 saturated heterocycles. The molecular weight excluding hydrogens is 304 g/mol. The van der Waals surface area contributed by atoms with Gasteiger partial charge in [-0.25, -0.2) is 4.98 Å². The van der Waals surface area contributed by atoms with E-state index in [2.05, 4.69) is 16.4 Å². The number of aryl methyl sites for hydroxylation is 2. The Morgan fingerprint density at radius 1 is 1.21 bits per heavy atom. The molecule has 6 heteroatoms. The van der Waals surface area contributed by atoms with Crippen molar-refractivity contribution in [3.8, 4) is 5.69 Å². The van der Waals surface area contributed by atoms with Gasteiger partial charge in [0.05, 0.1) is 11.0 Å². The van der Waals surface area contributed by atoms with Crippen LogP contribution in [0.3, 0.4) is 0 Å². The van der Waals surface area contributed by atoms with Crippen molar-refractivity contribution >= 4 is 28.5 Å². The van der Waals surface area contributed by atoms with Crippen LogP contribution in [0.25, 0.3) is 16.7 Å². The van der Waals surface area contributed by atoms with Crippen molar-refractivity contribution in [2.75, 3.05) is 5.32 Å². The predicted molar refractivity (Wildman–Crippen MR) is 91.3 cm³/mol. The fraction of sp³-hybridized carbons (Fsp3) is 0.167. The van der Waals surface area contributed by atoms with Crippen molar-refractivity contribution in [3.63, 3.8) is 0 Å². The summed E-state index contributed by atoms with van der Waals surface area (Å²) < 4.78 is 2.04. The van der Waals surface area contributed by atoms with E-state index in [0.717, 1.165) is 40.2 Å². The van der Waals surface area contributed by atoms with Crippen LogP contribution in [-0.2, 0) is 11.2 Å². The van der Waals surface area contributed by atoms with E-state index in [1.54, 1.807) is 12.1 Å². The SMILES string of the molecule is Cc1nc2cc(C(N)=O)ccc2n1-c1ccc2c(c1)CCC(=O)N2. The molecule has 0 saturated carbocycles. The number of nitrogens with one attached hydrogen (secondary N) is 1. The average molecular weight is 320 g/mol. The molecule has 0 aliphatic carbocycles. The number of benzene rings is 2. The highest BCUT2D eigenvalue weighted by molar-refractivity contribution is 5.97. The Hall–Kier alpha value is -3.15. The lowest BCUT2D eigenvalue weighted by Crippen LogP contribution is -2.19. The van der Waals surface area contributed by atoms with Gasteiger partial charge in [-0.2, -0.15) is 0 Å². The summed E-state index contributed by atoms with van der Waals surface area (Å²) in [7, 11) is 0. The van der Waals surface area contributed by atoms with E-state index < -0.39 is 5.91 Å². The number of aromatic nitrogens is 2. The molecule has 2 amide bonds. The lowest BCUT2D eigenvalue weighted by Gasteiger charge is -2.18. The molecule has 0 spiro atoms. The Morgan fingerprint density at radius 3 is 2.83 bits per heavy atom. The molecule has 1 aromatic heterocycles. The largest absolute Gasteiger partial charge is 0.366 e. The van der Waals surface area contributed by atoms with E-state index in [9.17, 15) is 9.59 Å². The first kappa shape index (κ1) is 14.4. The molecule has 2 aromatic carbocycles. The zero-order chi connectivity index (χ0) is 16.8. The summed E-state index contributed by atoms with van der Waals surface area (Å²) in [6.45, 7) is 1.92. The van der Waals surface area contributed by atoms with Crippen LogP contribution >= 0.6 is 0 Å². The summed E-state index contributed by atoms with van der Waals surface area (Å²) in [5, 5.41) is 2.89. The molecule has 6 nitrogen and oxygen atoms in total. The van der Waals surface area contributed by atoms with Crippen LogP contribution in [0.15, 0.2) is 36.4 Å². The van der Waals surface area contributed by atoms with Gasteiger partial charge in [0.1, 0.15) is 5.82 Å². The first-order valence-corrected chi connectivity index (χ1v) is 7.75. The fourth-order valence-corrected chi connectivity index (χ4v) is 3.19. The minimum Gasteiger partial charge on any atom is -0.366 e. The molecule has 0 fully saturated rings. The van der Waals surface area contributed by atoms with E-state index in [4.69, 9.17) is 5.73 Å². The lowest BCUT2D eigenvalue weighted by atomic mass is 10.0. The van der Waals surface area contributed by atoms with Gasteiger partial charge in [0.2, 0.25) is 11.8 Å². The number of fused-ring (bicyclic) bond motifs is 2. The number of imidazole rings is 1. The van der Waals surface area contributed by atoms with Crippen LogP contribution in [0.2, 0.25) is 0 Å². The van der Waals surface area contributed by atoms with Crippen LogP contribution in [0, 0.1) is 6.92 Å². The fourth-order valence-electron chi connectivity index (χ4n) is 3.19. The van der Waals surface area contributed by atoms with Gasteiger partial charge in [-0.1, -0.05) is 0 Å². The van der Waals surface area contributed by atoms with E-state index in [-0.39, 0.29) is 5.91 Å². The number of hydrogen-bond donors (Lipinski definition) is 2. The minimum absolute atomic E-state index is 0.0542. The van der Waals surface area contributed by atoms with Crippen molar-refractivity contribution in [2.45, 2.75) is 19.8 Å². The van der Waals surface area contributed by atoms with Crippen LogP contribution in [0.1, 0.15) is 28.2 Å². The predicted octanol–water partition coefficient (Wildman–Crippen LogP) is 2.32. The molecule has 2 heterocycles. The molecule has 4 rings (SSSR count). The zero-order valence-corrected chi connectivity index (χ0v) is 13.2. The van der Waals surface area contributed by atoms with Crippen LogP contribution in [0.5, 0.6) is 0 Å². The van der Waals surface area contributed by atoms with Gasteiger partial charge >= 0.3 is 0 Å². The quantitative estimate of drug-likeness (QED) is 0.759. The van der Waals surface area contributed by atoms with Crippen LogP contribution < -0.4 is 11.1 Å². The smallest absolute Gasteiger partial charge is 0.248 e. The normalized spacial score (nSPS) is 13.6. The summed E-state index contributed by atoms with van der Waals surface area (Å²) >= 11 is 0. The van der Waals surface area contributed by atoms with E-state index in [0.29, 0.717) is 12.0 Å². The van der Waals surface area contributed by atoms with Crippen molar-refractivity contribution in [3.05, 3.63) is 53.3 Å².